The molecule has 3 heteroatoms. The molecule has 3 nitrogen and oxygen atoms in total. The first-order valence-corrected chi connectivity index (χ1v) is 6.89. The standard InChI is InChI=1S/C14H23N3/c1-16-8-3-4-11(10-16)17-9-7-12-13(15)5-2-6-14(12)17/h7,9,11,13H,2-6,8,10,15H2,1H3. The molecule has 2 unspecified atom stereocenters. The number of hydrogen-bond acceptors (Lipinski definition) is 2. The lowest BCUT2D eigenvalue weighted by Crippen LogP contribution is -2.34. The van der Waals surface area contributed by atoms with Gasteiger partial charge in [-0.05, 0) is 57.3 Å². The highest BCUT2D eigenvalue weighted by Crippen LogP contribution is 2.32. The number of aromatic nitrogens is 1. The van der Waals surface area contributed by atoms with Crippen LogP contribution in [0, 0.1) is 0 Å². The molecule has 1 aliphatic heterocycles. The third-order valence-electron chi connectivity index (χ3n) is 4.38. The van der Waals surface area contributed by atoms with Crippen LogP contribution in [-0.2, 0) is 6.42 Å². The van der Waals surface area contributed by atoms with Crippen molar-refractivity contribution in [1.82, 2.24) is 9.47 Å². The predicted octanol–water partition coefficient (Wildman–Crippen LogP) is 2.09. The van der Waals surface area contributed by atoms with E-state index in [0.29, 0.717) is 6.04 Å². The van der Waals surface area contributed by atoms with Crippen LogP contribution in [0.15, 0.2) is 12.3 Å². The summed E-state index contributed by atoms with van der Waals surface area (Å²) in [5.74, 6) is 0. The van der Waals surface area contributed by atoms with Gasteiger partial charge in [-0.15, -0.1) is 0 Å². The molecule has 2 aliphatic rings. The summed E-state index contributed by atoms with van der Waals surface area (Å²) in [6.45, 7) is 2.44. The molecule has 2 N–H and O–H groups in total. The minimum Gasteiger partial charge on any atom is -0.347 e. The van der Waals surface area contributed by atoms with E-state index in [9.17, 15) is 0 Å². The molecule has 3 rings (SSSR count). The minimum absolute atomic E-state index is 0.279. The van der Waals surface area contributed by atoms with Crippen molar-refractivity contribution in [2.24, 2.45) is 5.73 Å². The summed E-state index contributed by atoms with van der Waals surface area (Å²) in [7, 11) is 2.23. The second kappa shape index (κ2) is 4.46. The van der Waals surface area contributed by atoms with E-state index in [2.05, 4.69) is 28.8 Å². The Morgan fingerprint density at radius 3 is 3.00 bits per heavy atom. The Morgan fingerprint density at radius 2 is 2.18 bits per heavy atom. The fraction of sp³-hybridized carbons (Fsp3) is 0.714. The van der Waals surface area contributed by atoms with Crippen LogP contribution in [0.3, 0.4) is 0 Å². The van der Waals surface area contributed by atoms with Gasteiger partial charge in [0.25, 0.3) is 0 Å². The topological polar surface area (TPSA) is 34.2 Å². The normalized spacial score (nSPS) is 30.2. The molecule has 0 saturated carbocycles. The Hall–Kier alpha value is -0.800. The summed E-state index contributed by atoms with van der Waals surface area (Å²) in [6.07, 6.45) is 8.54. The predicted molar refractivity (Wildman–Crippen MR) is 70.1 cm³/mol. The lowest BCUT2D eigenvalue weighted by atomic mass is 9.93. The van der Waals surface area contributed by atoms with Crippen molar-refractivity contribution in [3.8, 4) is 0 Å². The van der Waals surface area contributed by atoms with Crippen molar-refractivity contribution in [2.45, 2.75) is 44.2 Å². The van der Waals surface area contributed by atoms with Gasteiger partial charge in [0.2, 0.25) is 0 Å². The number of nitrogens with two attached hydrogens (primary N) is 1. The first-order valence-electron chi connectivity index (χ1n) is 6.89. The Bertz CT molecular complexity index is 396. The fourth-order valence-electron chi connectivity index (χ4n) is 3.46. The highest BCUT2D eigenvalue weighted by molar-refractivity contribution is 5.29. The number of hydrogen-bond donors (Lipinski definition) is 1. The largest absolute Gasteiger partial charge is 0.347 e. The zero-order chi connectivity index (χ0) is 11.8. The first kappa shape index (κ1) is 11.3. The third-order valence-corrected chi connectivity index (χ3v) is 4.38. The molecule has 94 valence electrons. The molecule has 17 heavy (non-hydrogen) atoms. The lowest BCUT2D eigenvalue weighted by molar-refractivity contribution is 0.209. The van der Waals surface area contributed by atoms with Crippen LogP contribution in [0.5, 0.6) is 0 Å². The van der Waals surface area contributed by atoms with Gasteiger partial charge in [-0.1, -0.05) is 0 Å². The molecule has 1 saturated heterocycles. The van der Waals surface area contributed by atoms with Gasteiger partial charge in [0, 0.05) is 30.5 Å². The first-order chi connectivity index (χ1) is 8.25. The van der Waals surface area contributed by atoms with Crippen molar-refractivity contribution < 1.29 is 0 Å². The molecule has 0 radical (unpaired) electrons. The van der Waals surface area contributed by atoms with Crippen molar-refractivity contribution in [2.75, 3.05) is 20.1 Å². The van der Waals surface area contributed by atoms with Crippen molar-refractivity contribution >= 4 is 0 Å². The zero-order valence-corrected chi connectivity index (χ0v) is 10.7. The summed E-state index contributed by atoms with van der Waals surface area (Å²) < 4.78 is 2.52. The second-order valence-electron chi connectivity index (χ2n) is 5.68. The van der Waals surface area contributed by atoms with Gasteiger partial charge in [-0.25, -0.2) is 0 Å². The third kappa shape index (κ3) is 2.02. The average Bonchev–Trinajstić information content (AvgIpc) is 2.74. The highest BCUT2D eigenvalue weighted by Gasteiger charge is 2.25. The summed E-state index contributed by atoms with van der Waals surface area (Å²) >= 11 is 0. The van der Waals surface area contributed by atoms with Crippen LogP contribution in [0.1, 0.15) is 49.0 Å². The van der Waals surface area contributed by atoms with Crippen LogP contribution in [0.25, 0.3) is 0 Å². The van der Waals surface area contributed by atoms with Gasteiger partial charge in [0.05, 0.1) is 0 Å². The van der Waals surface area contributed by atoms with Crippen LogP contribution in [0.2, 0.25) is 0 Å². The summed E-state index contributed by atoms with van der Waals surface area (Å²) in [6, 6.07) is 3.21. The monoisotopic (exact) mass is 233 g/mol. The molecule has 2 heterocycles. The maximum atomic E-state index is 6.19. The van der Waals surface area contributed by atoms with Gasteiger partial charge < -0.3 is 15.2 Å². The van der Waals surface area contributed by atoms with E-state index < -0.39 is 0 Å². The quantitative estimate of drug-likeness (QED) is 0.806. The fourth-order valence-corrected chi connectivity index (χ4v) is 3.46. The molecular weight excluding hydrogens is 210 g/mol. The Kier molecular flexibility index (Phi) is 2.97. The molecule has 1 aromatic rings. The van der Waals surface area contributed by atoms with Crippen molar-refractivity contribution in [1.29, 1.82) is 0 Å². The molecule has 2 atom stereocenters. The van der Waals surface area contributed by atoms with Gasteiger partial charge in [-0.3, -0.25) is 0 Å². The molecular formula is C14H23N3. The van der Waals surface area contributed by atoms with E-state index in [4.69, 9.17) is 5.73 Å². The smallest absolute Gasteiger partial charge is 0.0460 e. The number of piperidine rings is 1. The molecule has 0 amide bonds. The molecule has 1 fully saturated rings. The summed E-state index contributed by atoms with van der Waals surface area (Å²) in [5, 5.41) is 0. The minimum atomic E-state index is 0.279. The summed E-state index contributed by atoms with van der Waals surface area (Å²) in [5.41, 5.74) is 9.12. The van der Waals surface area contributed by atoms with E-state index in [1.54, 1.807) is 0 Å². The van der Waals surface area contributed by atoms with E-state index in [1.807, 2.05) is 0 Å². The number of rotatable bonds is 1. The molecule has 1 aromatic heterocycles. The van der Waals surface area contributed by atoms with Gasteiger partial charge in [-0.2, -0.15) is 0 Å². The number of fused-ring (bicyclic) bond motifs is 1. The molecule has 0 bridgehead atoms. The lowest BCUT2D eigenvalue weighted by Gasteiger charge is -2.33. The van der Waals surface area contributed by atoms with E-state index in [0.717, 1.165) is 6.42 Å². The number of nitrogens with zero attached hydrogens (tertiary/aromatic N) is 2. The maximum absolute atomic E-state index is 6.19. The van der Waals surface area contributed by atoms with E-state index in [-0.39, 0.29) is 6.04 Å². The van der Waals surface area contributed by atoms with Crippen molar-refractivity contribution in [3.05, 3.63) is 23.5 Å². The van der Waals surface area contributed by atoms with Crippen LogP contribution in [0.4, 0.5) is 0 Å². The maximum Gasteiger partial charge on any atom is 0.0460 e. The van der Waals surface area contributed by atoms with Crippen LogP contribution >= 0.6 is 0 Å². The zero-order valence-electron chi connectivity index (χ0n) is 10.7. The Balaban J connectivity index is 1.88. The number of likely N-dealkylation sites (tertiary alicyclic amines) is 1. The van der Waals surface area contributed by atoms with Crippen LogP contribution in [-0.4, -0.2) is 29.6 Å². The van der Waals surface area contributed by atoms with Gasteiger partial charge in [0.1, 0.15) is 0 Å². The van der Waals surface area contributed by atoms with Crippen molar-refractivity contribution in [3.63, 3.8) is 0 Å². The Morgan fingerprint density at radius 1 is 1.29 bits per heavy atom. The Labute approximate surface area is 104 Å². The van der Waals surface area contributed by atoms with E-state index >= 15 is 0 Å². The SMILES string of the molecule is CN1CCCC(n2ccc3c2CCCC3N)C1. The summed E-state index contributed by atoms with van der Waals surface area (Å²) in [4.78, 5) is 2.45. The second-order valence-corrected chi connectivity index (χ2v) is 5.68. The molecule has 1 aliphatic carbocycles. The van der Waals surface area contributed by atoms with Gasteiger partial charge >= 0.3 is 0 Å². The van der Waals surface area contributed by atoms with Gasteiger partial charge in [0.15, 0.2) is 0 Å². The molecule has 0 aromatic carbocycles. The highest BCUT2D eigenvalue weighted by atomic mass is 15.2. The van der Waals surface area contributed by atoms with Crippen LogP contribution < -0.4 is 5.73 Å². The average molecular weight is 233 g/mol. The van der Waals surface area contributed by atoms with E-state index in [1.165, 1.54) is 50.0 Å². The molecule has 0 spiro atoms. The number of likely N-dealkylation sites (N-methyl/N-ethyl adjacent to an activating group) is 1.